The molecule has 5 nitrogen and oxygen atoms in total. The van der Waals surface area contributed by atoms with E-state index in [1.54, 1.807) is 23.1 Å². The van der Waals surface area contributed by atoms with Gasteiger partial charge in [0.2, 0.25) is 0 Å². The highest BCUT2D eigenvalue weighted by Crippen LogP contribution is 2.44. The number of aliphatic hydroxyl groups excluding tert-OH is 1. The van der Waals surface area contributed by atoms with Crippen molar-refractivity contribution in [1.82, 2.24) is 4.90 Å². The first-order valence-electron chi connectivity index (χ1n) is 11.9. The Labute approximate surface area is 206 Å². The van der Waals surface area contributed by atoms with Crippen molar-refractivity contribution >= 4 is 29.1 Å². The molecule has 1 saturated heterocycles. The number of hydrogen-bond donors (Lipinski definition) is 1. The molecule has 1 atom stereocenters. The number of benzene rings is 2. The van der Waals surface area contributed by atoms with Crippen molar-refractivity contribution in [2.75, 3.05) is 7.11 Å². The van der Waals surface area contributed by atoms with Gasteiger partial charge in [-0.15, -0.1) is 0 Å². The van der Waals surface area contributed by atoms with E-state index in [1.807, 2.05) is 24.3 Å². The number of ether oxygens (including phenoxy) is 1. The van der Waals surface area contributed by atoms with Gasteiger partial charge in [-0.1, -0.05) is 69.8 Å². The summed E-state index contributed by atoms with van der Waals surface area (Å²) < 4.78 is 5.53. The van der Waals surface area contributed by atoms with Crippen molar-refractivity contribution in [2.24, 2.45) is 0 Å². The number of amides is 1. The smallest absolute Gasteiger partial charge is 0.295 e. The van der Waals surface area contributed by atoms with Gasteiger partial charge in [0.1, 0.15) is 11.5 Å². The van der Waals surface area contributed by atoms with Crippen molar-refractivity contribution in [2.45, 2.75) is 70.4 Å². The molecule has 1 N–H and O–H groups in total. The molecule has 0 radical (unpaired) electrons. The summed E-state index contributed by atoms with van der Waals surface area (Å²) >= 11 is 6.13. The van der Waals surface area contributed by atoms with Crippen LogP contribution in [0.15, 0.2) is 48.0 Å². The molecule has 1 heterocycles. The van der Waals surface area contributed by atoms with Crippen LogP contribution in [-0.2, 0) is 15.0 Å². The summed E-state index contributed by atoms with van der Waals surface area (Å²) in [4.78, 5) is 28.5. The fraction of sp³-hybridized carbons (Fsp3) is 0.429. The number of rotatable bonds is 4. The average molecular weight is 482 g/mol. The van der Waals surface area contributed by atoms with E-state index in [4.69, 9.17) is 16.3 Å². The van der Waals surface area contributed by atoms with Crippen LogP contribution in [0.4, 0.5) is 0 Å². The number of Topliss-reactive ketones (excluding diaryl/α,β-unsaturated/α-hetero) is 1. The third-order valence-electron chi connectivity index (χ3n) is 6.95. The molecule has 0 aromatic heterocycles. The van der Waals surface area contributed by atoms with Crippen molar-refractivity contribution < 1.29 is 19.4 Å². The fourth-order valence-electron chi connectivity index (χ4n) is 5.06. The Hall–Kier alpha value is -2.79. The fourth-order valence-corrected chi connectivity index (χ4v) is 5.19. The van der Waals surface area contributed by atoms with Crippen molar-refractivity contribution in [1.29, 1.82) is 0 Å². The highest BCUT2D eigenvalue weighted by molar-refractivity contribution is 6.46. The zero-order valence-electron chi connectivity index (χ0n) is 20.2. The molecule has 6 heteroatoms. The van der Waals surface area contributed by atoms with Gasteiger partial charge in [-0.3, -0.25) is 9.59 Å². The van der Waals surface area contributed by atoms with Gasteiger partial charge in [0.05, 0.1) is 24.3 Å². The Balaban J connectivity index is 1.93. The lowest BCUT2D eigenvalue weighted by Gasteiger charge is -2.35. The van der Waals surface area contributed by atoms with E-state index in [9.17, 15) is 14.7 Å². The van der Waals surface area contributed by atoms with Gasteiger partial charge in [0.15, 0.2) is 0 Å². The summed E-state index contributed by atoms with van der Waals surface area (Å²) in [7, 11) is 1.53. The Morgan fingerprint density at radius 1 is 1.03 bits per heavy atom. The average Bonchev–Trinajstić information content (AvgIpc) is 3.09. The van der Waals surface area contributed by atoms with Crippen molar-refractivity contribution in [3.63, 3.8) is 0 Å². The Morgan fingerprint density at radius 2 is 1.68 bits per heavy atom. The van der Waals surface area contributed by atoms with Gasteiger partial charge in [-0.2, -0.15) is 0 Å². The zero-order chi connectivity index (χ0) is 24.6. The number of methoxy groups -OCH3 is 1. The third kappa shape index (κ3) is 4.46. The van der Waals surface area contributed by atoms with Crippen LogP contribution in [0.2, 0.25) is 5.02 Å². The third-order valence-corrected chi connectivity index (χ3v) is 7.21. The van der Waals surface area contributed by atoms with E-state index in [2.05, 4.69) is 20.8 Å². The largest absolute Gasteiger partial charge is 0.507 e. The Kier molecular flexibility index (Phi) is 6.77. The molecule has 2 aliphatic rings. The maximum absolute atomic E-state index is 13.4. The van der Waals surface area contributed by atoms with Crippen LogP contribution in [0, 0.1) is 0 Å². The molecule has 1 aliphatic carbocycles. The second kappa shape index (κ2) is 9.46. The lowest BCUT2D eigenvalue weighted by atomic mass is 9.85. The molecule has 1 saturated carbocycles. The Bertz CT molecular complexity index is 1120. The summed E-state index contributed by atoms with van der Waals surface area (Å²) in [6.45, 7) is 6.23. The summed E-state index contributed by atoms with van der Waals surface area (Å²) in [6, 6.07) is 12.0. The molecule has 2 aromatic rings. The van der Waals surface area contributed by atoms with Crippen LogP contribution in [-0.4, -0.2) is 34.8 Å². The lowest BCUT2D eigenvalue weighted by molar-refractivity contribution is -0.141. The number of likely N-dealkylation sites (tertiary alicyclic amines) is 1. The summed E-state index contributed by atoms with van der Waals surface area (Å²) in [5.41, 5.74) is 2.07. The number of carbonyl (C=O) groups is 2. The van der Waals surface area contributed by atoms with Gasteiger partial charge in [-0.05, 0) is 53.6 Å². The number of hydrogen-bond acceptors (Lipinski definition) is 4. The predicted octanol–water partition coefficient (Wildman–Crippen LogP) is 6.40. The first-order chi connectivity index (χ1) is 16.1. The van der Waals surface area contributed by atoms with E-state index >= 15 is 0 Å². The monoisotopic (exact) mass is 481 g/mol. The topological polar surface area (TPSA) is 66.8 Å². The van der Waals surface area contributed by atoms with Gasteiger partial charge in [-0.25, -0.2) is 0 Å². The number of ketones is 1. The zero-order valence-corrected chi connectivity index (χ0v) is 21.0. The summed E-state index contributed by atoms with van der Waals surface area (Å²) in [5, 5.41) is 12.2. The van der Waals surface area contributed by atoms with E-state index in [0.717, 1.165) is 43.2 Å². The van der Waals surface area contributed by atoms with E-state index < -0.39 is 17.7 Å². The molecule has 2 aromatic carbocycles. The molecule has 0 bridgehead atoms. The standard InChI is InChI=1S/C28H32ClNO4/c1-28(2,3)18-12-15-22(34-4)21(16-18)25(31)23-24(17-10-13-19(29)14-11-17)30(27(33)26(23)32)20-8-6-5-7-9-20/h10-16,20,24,31H,5-9H2,1-4H3/b25-23+. The number of nitrogens with zero attached hydrogens (tertiary/aromatic N) is 1. The maximum Gasteiger partial charge on any atom is 0.295 e. The van der Waals surface area contributed by atoms with Crippen LogP contribution >= 0.6 is 11.6 Å². The summed E-state index contributed by atoms with van der Waals surface area (Å²) in [6.07, 6.45) is 4.85. The minimum Gasteiger partial charge on any atom is -0.507 e. The van der Waals surface area contributed by atoms with E-state index in [1.165, 1.54) is 7.11 Å². The van der Waals surface area contributed by atoms with Crippen molar-refractivity contribution in [3.8, 4) is 5.75 Å². The van der Waals surface area contributed by atoms with Crippen LogP contribution in [0.3, 0.4) is 0 Å². The quantitative estimate of drug-likeness (QED) is 0.311. The minimum atomic E-state index is -0.677. The van der Waals surface area contributed by atoms with E-state index in [0.29, 0.717) is 16.3 Å². The van der Waals surface area contributed by atoms with Gasteiger partial charge >= 0.3 is 0 Å². The molecular weight excluding hydrogens is 450 g/mol. The molecule has 1 unspecified atom stereocenters. The second-order valence-electron chi connectivity index (χ2n) is 10.2. The number of halogens is 1. The molecule has 1 aliphatic heterocycles. The van der Waals surface area contributed by atoms with Gasteiger partial charge < -0.3 is 14.7 Å². The number of carbonyl (C=O) groups excluding carboxylic acids is 2. The van der Waals surface area contributed by atoms with Crippen LogP contribution < -0.4 is 4.74 Å². The molecular formula is C28H32ClNO4. The normalized spacial score (nSPS) is 21.2. The lowest BCUT2D eigenvalue weighted by Crippen LogP contribution is -2.40. The number of aliphatic hydroxyl groups is 1. The molecule has 34 heavy (non-hydrogen) atoms. The van der Waals surface area contributed by atoms with Crippen molar-refractivity contribution in [3.05, 3.63) is 69.8 Å². The minimum absolute atomic E-state index is 0.0426. The second-order valence-corrected chi connectivity index (χ2v) is 10.7. The first-order valence-corrected chi connectivity index (χ1v) is 12.3. The highest BCUT2D eigenvalue weighted by Gasteiger charge is 2.49. The molecule has 4 rings (SSSR count). The molecule has 180 valence electrons. The van der Waals surface area contributed by atoms with Crippen LogP contribution in [0.25, 0.3) is 5.76 Å². The molecule has 0 spiro atoms. The van der Waals surface area contributed by atoms with Crippen LogP contribution in [0.1, 0.15) is 75.6 Å². The molecule has 2 fully saturated rings. The first kappa shape index (κ1) is 24.3. The maximum atomic E-state index is 13.4. The van der Waals surface area contributed by atoms with E-state index in [-0.39, 0.29) is 22.8 Å². The van der Waals surface area contributed by atoms with Crippen LogP contribution in [0.5, 0.6) is 5.75 Å². The Morgan fingerprint density at radius 3 is 2.26 bits per heavy atom. The predicted molar refractivity (Wildman–Crippen MR) is 134 cm³/mol. The van der Waals surface area contributed by atoms with Gasteiger partial charge in [0, 0.05) is 11.1 Å². The summed E-state index contributed by atoms with van der Waals surface area (Å²) in [5.74, 6) is -0.977. The highest BCUT2D eigenvalue weighted by atomic mass is 35.5. The molecule has 1 amide bonds. The SMILES string of the molecule is COc1ccc(C(C)(C)C)cc1/C(O)=C1\C(=O)C(=O)N(C2CCCCC2)C1c1ccc(Cl)cc1. The van der Waals surface area contributed by atoms with Gasteiger partial charge in [0.25, 0.3) is 11.7 Å².